The van der Waals surface area contributed by atoms with E-state index in [1.165, 1.54) is 18.3 Å². The van der Waals surface area contributed by atoms with E-state index >= 15 is 0 Å². The summed E-state index contributed by atoms with van der Waals surface area (Å²) in [6.07, 6.45) is 2.33. The van der Waals surface area contributed by atoms with Gasteiger partial charge >= 0.3 is 0 Å². The predicted molar refractivity (Wildman–Crippen MR) is 101 cm³/mol. The van der Waals surface area contributed by atoms with Crippen LogP contribution in [0.5, 0.6) is 0 Å². The Bertz CT molecular complexity index is 1040. The maximum atomic E-state index is 12.9. The van der Waals surface area contributed by atoms with Crippen LogP contribution in [-0.2, 0) is 19.4 Å². The first-order valence-corrected chi connectivity index (χ1v) is 10.3. The summed E-state index contributed by atoms with van der Waals surface area (Å²) in [5.41, 5.74) is 0.0226. The van der Waals surface area contributed by atoms with Crippen molar-refractivity contribution in [3.63, 3.8) is 0 Å². The van der Waals surface area contributed by atoms with Crippen LogP contribution in [0.4, 0.5) is 0 Å². The van der Waals surface area contributed by atoms with Gasteiger partial charge in [-0.2, -0.15) is 0 Å². The molecule has 8 heteroatoms. The molecule has 1 aromatic carbocycles. The lowest BCUT2D eigenvalue weighted by molar-refractivity contribution is -0.125. The summed E-state index contributed by atoms with van der Waals surface area (Å²) in [5, 5.41) is 0.759. The summed E-state index contributed by atoms with van der Waals surface area (Å²) < 4.78 is 29.1. The second-order valence-corrected chi connectivity index (χ2v) is 9.28. The molecule has 0 saturated carbocycles. The Kier molecular flexibility index (Phi) is 4.63. The van der Waals surface area contributed by atoms with Crippen LogP contribution in [-0.4, -0.2) is 31.0 Å². The molecule has 3 rings (SSSR count). The monoisotopic (exact) mass is 411 g/mol. The van der Waals surface area contributed by atoms with E-state index in [9.17, 15) is 13.2 Å². The second kappa shape index (κ2) is 6.37. The van der Waals surface area contributed by atoms with E-state index in [0.29, 0.717) is 21.3 Å². The number of Topliss-reactive ketones (excluding diaryl/α,β-unsaturated/α-hetero) is 1. The van der Waals surface area contributed by atoms with E-state index < -0.39 is 15.4 Å². The van der Waals surface area contributed by atoms with Gasteiger partial charge < -0.3 is 4.74 Å². The molecule has 0 atom stereocenters. The predicted octanol–water partition coefficient (Wildman–Crippen LogP) is 4.04. The van der Waals surface area contributed by atoms with Gasteiger partial charge in [-0.1, -0.05) is 29.3 Å². The maximum absolute atomic E-state index is 12.9. The topological polar surface area (TPSA) is 73.3 Å². The molecule has 2 heterocycles. The highest BCUT2D eigenvalue weighted by atomic mass is 35.5. The SMILES string of the molecule is CC1(C)OC(c2ccc(S(C)(=O)=O)cn2)=C(c2ccc(Cl)cc2Cl)C1=O. The Hall–Kier alpha value is -1.89. The number of carbonyl (C=O) groups is 1. The lowest BCUT2D eigenvalue weighted by Gasteiger charge is -2.17. The summed E-state index contributed by atoms with van der Waals surface area (Å²) in [7, 11) is -3.38. The van der Waals surface area contributed by atoms with Gasteiger partial charge in [0.25, 0.3) is 0 Å². The molecule has 0 amide bonds. The van der Waals surface area contributed by atoms with Crippen LogP contribution in [0, 0.1) is 0 Å². The van der Waals surface area contributed by atoms with E-state index in [1.54, 1.807) is 32.0 Å². The molecular weight excluding hydrogens is 397 g/mol. The number of hydrogen-bond acceptors (Lipinski definition) is 5. The Labute approximate surface area is 161 Å². The number of ketones is 1. The highest BCUT2D eigenvalue weighted by Gasteiger charge is 2.43. The van der Waals surface area contributed by atoms with Gasteiger partial charge in [0.15, 0.2) is 21.2 Å². The van der Waals surface area contributed by atoms with Crippen LogP contribution in [0.1, 0.15) is 25.1 Å². The lowest BCUT2D eigenvalue weighted by Crippen LogP contribution is -2.29. The zero-order valence-electron chi connectivity index (χ0n) is 14.2. The number of rotatable bonds is 3. The number of benzene rings is 1. The fraction of sp³-hybridized carbons (Fsp3) is 0.222. The molecule has 26 heavy (non-hydrogen) atoms. The van der Waals surface area contributed by atoms with Crippen molar-refractivity contribution in [3.05, 3.63) is 57.8 Å². The number of nitrogens with zero attached hydrogens (tertiary/aromatic N) is 1. The number of aromatic nitrogens is 1. The van der Waals surface area contributed by atoms with Gasteiger partial charge in [-0.25, -0.2) is 8.42 Å². The molecule has 5 nitrogen and oxygen atoms in total. The number of sulfone groups is 1. The number of halogens is 2. The van der Waals surface area contributed by atoms with E-state index in [2.05, 4.69) is 4.98 Å². The third-order valence-electron chi connectivity index (χ3n) is 3.96. The molecule has 2 aromatic rings. The van der Waals surface area contributed by atoms with Crippen LogP contribution < -0.4 is 0 Å². The Balaban J connectivity index is 2.20. The van der Waals surface area contributed by atoms with Crippen molar-refractivity contribution in [1.29, 1.82) is 0 Å². The molecule has 1 aliphatic heterocycles. The van der Waals surface area contributed by atoms with Gasteiger partial charge in [-0.05, 0) is 38.1 Å². The van der Waals surface area contributed by atoms with E-state index in [4.69, 9.17) is 27.9 Å². The van der Waals surface area contributed by atoms with Crippen LogP contribution in [0.2, 0.25) is 10.0 Å². The first-order chi connectivity index (χ1) is 12.0. The van der Waals surface area contributed by atoms with Gasteiger partial charge in [0.1, 0.15) is 5.69 Å². The molecule has 1 aromatic heterocycles. The number of hydrogen-bond donors (Lipinski definition) is 0. The Morgan fingerprint density at radius 1 is 1.12 bits per heavy atom. The molecule has 1 aliphatic rings. The average molecular weight is 412 g/mol. The van der Waals surface area contributed by atoms with Crippen LogP contribution in [0.15, 0.2) is 41.4 Å². The van der Waals surface area contributed by atoms with E-state index in [-0.39, 0.29) is 22.0 Å². The van der Waals surface area contributed by atoms with Gasteiger partial charge in [-0.15, -0.1) is 0 Å². The normalized spacial score (nSPS) is 16.7. The minimum atomic E-state index is -3.38. The zero-order valence-corrected chi connectivity index (χ0v) is 16.5. The number of carbonyl (C=O) groups excluding carboxylic acids is 1. The summed E-state index contributed by atoms with van der Waals surface area (Å²) in [4.78, 5) is 17.1. The van der Waals surface area contributed by atoms with Crippen molar-refractivity contribution in [2.45, 2.75) is 24.3 Å². The molecular formula is C18H15Cl2NO4S. The van der Waals surface area contributed by atoms with Crippen molar-refractivity contribution in [1.82, 2.24) is 4.98 Å². The van der Waals surface area contributed by atoms with Gasteiger partial charge in [0.05, 0.1) is 15.5 Å². The van der Waals surface area contributed by atoms with Crippen molar-refractivity contribution >= 4 is 50.2 Å². The number of ether oxygens (including phenoxy) is 1. The first-order valence-electron chi connectivity index (χ1n) is 7.61. The van der Waals surface area contributed by atoms with Gasteiger partial charge in [-0.3, -0.25) is 9.78 Å². The van der Waals surface area contributed by atoms with E-state index in [1.807, 2.05) is 0 Å². The van der Waals surface area contributed by atoms with Gasteiger partial charge in [0, 0.05) is 23.0 Å². The van der Waals surface area contributed by atoms with E-state index in [0.717, 1.165) is 6.26 Å². The zero-order chi connectivity index (χ0) is 19.3. The standard InChI is InChI=1S/C18H15Cl2NO4S/c1-18(2)17(22)15(12-6-4-10(19)8-13(12)20)16(25-18)14-7-5-11(9-21-14)26(3,23)24/h4-9H,1-3H3. The summed E-state index contributed by atoms with van der Waals surface area (Å²) >= 11 is 12.2. The highest BCUT2D eigenvalue weighted by molar-refractivity contribution is 7.90. The fourth-order valence-electron chi connectivity index (χ4n) is 2.61. The maximum Gasteiger partial charge on any atom is 0.210 e. The summed E-state index contributed by atoms with van der Waals surface area (Å²) in [5.74, 6) is 0.00925. The second-order valence-electron chi connectivity index (χ2n) is 6.42. The molecule has 0 N–H and O–H groups in total. The largest absolute Gasteiger partial charge is 0.477 e. The van der Waals surface area contributed by atoms with Crippen LogP contribution in [0.25, 0.3) is 11.3 Å². The average Bonchev–Trinajstić information content (AvgIpc) is 2.78. The number of pyridine rings is 1. The van der Waals surface area contributed by atoms with Gasteiger partial charge in [0.2, 0.25) is 5.78 Å². The Morgan fingerprint density at radius 2 is 1.81 bits per heavy atom. The third-order valence-corrected chi connectivity index (χ3v) is 5.60. The molecule has 0 saturated heterocycles. The fourth-order valence-corrected chi connectivity index (χ4v) is 3.67. The Morgan fingerprint density at radius 3 is 2.35 bits per heavy atom. The molecule has 0 unspecified atom stereocenters. The molecule has 0 fully saturated rings. The minimum Gasteiger partial charge on any atom is -0.477 e. The first kappa shape index (κ1) is 18.9. The van der Waals surface area contributed by atoms with Crippen LogP contribution in [0.3, 0.4) is 0 Å². The van der Waals surface area contributed by atoms with Crippen molar-refractivity contribution in [3.8, 4) is 0 Å². The summed E-state index contributed by atoms with van der Waals surface area (Å²) in [6.45, 7) is 3.30. The lowest BCUT2D eigenvalue weighted by atomic mass is 9.93. The smallest absolute Gasteiger partial charge is 0.210 e. The quantitative estimate of drug-likeness (QED) is 0.761. The van der Waals surface area contributed by atoms with Crippen molar-refractivity contribution < 1.29 is 17.9 Å². The molecule has 0 bridgehead atoms. The third kappa shape index (κ3) is 3.37. The molecule has 136 valence electrons. The van der Waals surface area contributed by atoms with Crippen molar-refractivity contribution in [2.75, 3.05) is 6.26 Å². The van der Waals surface area contributed by atoms with Crippen LogP contribution >= 0.6 is 23.2 Å². The molecule has 0 aliphatic carbocycles. The molecule has 0 radical (unpaired) electrons. The molecule has 0 spiro atoms. The van der Waals surface area contributed by atoms with Crippen molar-refractivity contribution in [2.24, 2.45) is 0 Å². The minimum absolute atomic E-state index is 0.0801. The summed E-state index contributed by atoms with van der Waals surface area (Å²) in [6, 6.07) is 7.75. The highest BCUT2D eigenvalue weighted by Crippen LogP contribution is 2.43.